The second kappa shape index (κ2) is 5.18. The number of aromatic hydroxyl groups is 1. The predicted molar refractivity (Wildman–Crippen MR) is 62.3 cm³/mol. The van der Waals surface area contributed by atoms with E-state index in [1.807, 2.05) is 0 Å². The normalized spacial score (nSPS) is 10.0. The van der Waals surface area contributed by atoms with E-state index in [1.54, 1.807) is 0 Å². The van der Waals surface area contributed by atoms with Gasteiger partial charge in [0.05, 0.1) is 30.8 Å². The van der Waals surface area contributed by atoms with Crippen LogP contribution < -0.4 is 15.2 Å². The Morgan fingerprint density at radius 2 is 2.12 bits per heavy atom. The first-order chi connectivity index (χ1) is 7.56. The lowest BCUT2D eigenvalue weighted by molar-refractivity contribution is 0.0997. The predicted octanol–water partition coefficient (Wildman–Crippen LogP) is 1.31. The van der Waals surface area contributed by atoms with Gasteiger partial charge in [0.2, 0.25) is 0 Å². The van der Waals surface area contributed by atoms with Crippen molar-refractivity contribution in [2.75, 3.05) is 20.8 Å². The average Bonchev–Trinajstić information content (AvgIpc) is 2.27. The van der Waals surface area contributed by atoms with E-state index in [2.05, 4.69) is 15.9 Å². The van der Waals surface area contributed by atoms with E-state index in [0.717, 1.165) is 0 Å². The lowest BCUT2D eigenvalue weighted by atomic mass is 10.1. The van der Waals surface area contributed by atoms with Crippen molar-refractivity contribution >= 4 is 21.7 Å². The van der Waals surface area contributed by atoms with Crippen LogP contribution in [0.5, 0.6) is 17.2 Å². The number of methoxy groups -OCH3 is 2. The Morgan fingerprint density at radius 1 is 1.50 bits per heavy atom. The molecule has 1 aromatic carbocycles. The van der Waals surface area contributed by atoms with Crippen LogP contribution in [-0.4, -0.2) is 31.7 Å². The van der Waals surface area contributed by atoms with E-state index < -0.39 is 0 Å². The highest BCUT2D eigenvalue weighted by Gasteiger charge is 2.21. The number of ketones is 1. The third-order valence-electron chi connectivity index (χ3n) is 2.05. The zero-order valence-corrected chi connectivity index (χ0v) is 10.5. The van der Waals surface area contributed by atoms with Crippen LogP contribution in [0.2, 0.25) is 0 Å². The summed E-state index contributed by atoms with van der Waals surface area (Å²) in [5.41, 5.74) is 5.35. The fourth-order valence-corrected chi connectivity index (χ4v) is 2.09. The molecule has 0 aliphatic carbocycles. The maximum Gasteiger partial charge on any atom is 0.181 e. The van der Waals surface area contributed by atoms with Crippen LogP contribution in [0.1, 0.15) is 10.4 Å². The van der Waals surface area contributed by atoms with Gasteiger partial charge in [-0.15, -0.1) is 0 Å². The topological polar surface area (TPSA) is 81.8 Å². The summed E-state index contributed by atoms with van der Waals surface area (Å²) in [6, 6.07) is 1.31. The van der Waals surface area contributed by atoms with Crippen molar-refractivity contribution in [3.63, 3.8) is 0 Å². The Hall–Kier alpha value is -1.27. The second-order valence-electron chi connectivity index (χ2n) is 2.95. The van der Waals surface area contributed by atoms with Gasteiger partial charge in [0, 0.05) is 6.07 Å². The number of carbonyl (C=O) groups is 1. The van der Waals surface area contributed by atoms with Gasteiger partial charge in [-0.25, -0.2) is 0 Å². The van der Waals surface area contributed by atoms with Gasteiger partial charge in [0.15, 0.2) is 17.3 Å². The van der Waals surface area contributed by atoms with Gasteiger partial charge in [-0.1, -0.05) is 0 Å². The highest BCUT2D eigenvalue weighted by Crippen LogP contribution is 2.42. The number of ether oxygens (including phenoxy) is 2. The second-order valence-corrected chi connectivity index (χ2v) is 3.74. The Kier molecular flexibility index (Phi) is 4.14. The molecule has 0 saturated heterocycles. The van der Waals surface area contributed by atoms with Crippen LogP contribution in [0.3, 0.4) is 0 Å². The minimum absolute atomic E-state index is 0.0974. The monoisotopic (exact) mass is 289 g/mol. The Labute approximate surface area is 101 Å². The van der Waals surface area contributed by atoms with E-state index in [4.69, 9.17) is 15.2 Å². The molecular formula is C10H12BrNO4. The zero-order valence-electron chi connectivity index (χ0n) is 8.91. The summed E-state index contributed by atoms with van der Waals surface area (Å²) < 4.78 is 10.4. The molecule has 1 aromatic rings. The summed E-state index contributed by atoms with van der Waals surface area (Å²) in [4.78, 5) is 11.5. The van der Waals surface area contributed by atoms with Crippen molar-refractivity contribution in [3.05, 3.63) is 16.1 Å². The molecule has 0 fully saturated rings. The maximum atomic E-state index is 11.5. The zero-order chi connectivity index (χ0) is 12.3. The Morgan fingerprint density at radius 3 is 2.56 bits per heavy atom. The van der Waals surface area contributed by atoms with Crippen molar-refractivity contribution in [2.45, 2.75) is 0 Å². The Bertz CT molecular complexity index is 420. The van der Waals surface area contributed by atoms with Crippen LogP contribution in [0, 0.1) is 0 Å². The molecule has 0 atom stereocenters. The molecule has 0 heterocycles. The number of benzene rings is 1. The summed E-state index contributed by atoms with van der Waals surface area (Å²) >= 11 is 3.18. The molecule has 0 amide bonds. The highest BCUT2D eigenvalue weighted by molar-refractivity contribution is 9.10. The number of halogens is 1. The quantitative estimate of drug-likeness (QED) is 0.817. The number of Topliss-reactive ketones (excluding diaryl/α,β-unsaturated/α-hetero) is 1. The molecule has 0 spiro atoms. The standard InChI is InChI=1S/C10H12BrNO4/c1-15-7-3-5(13)8(6(14)4-12)9(11)10(7)16-2/h3,13H,4,12H2,1-2H3. The summed E-state index contributed by atoms with van der Waals surface area (Å²) in [7, 11) is 2.88. The number of rotatable bonds is 4. The van der Waals surface area contributed by atoms with E-state index in [9.17, 15) is 9.90 Å². The number of phenolic OH excluding ortho intramolecular Hbond substituents is 1. The fraction of sp³-hybridized carbons (Fsp3) is 0.300. The number of hydrogen-bond donors (Lipinski definition) is 2. The number of phenols is 1. The number of hydrogen-bond acceptors (Lipinski definition) is 5. The van der Waals surface area contributed by atoms with Crippen LogP contribution >= 0.6 is 15.9 Å². The molecular weight excluding hydrogens is 278 g/mol. The molecule has 0 radical (unpaired) electrons. The van der Waals surface area contributed by atoms with Gasteiger partial charge in [-0.05, 0) is 15.9 Å². The SMILES string of the molecule is COc1cc(O)c(C(=O)CN)c(Br)c1OC. The molecule has 0 unspecified atom stereocenters. The summed E-state index contributed by atoms with van der Waals surface area (Å²) in [6.45, 7) is -0.193. The Balaban J connectivity index is 3.46. The summed E-state index contributed by atoms with van der Waals surface area (Å²) in [5.74, 6) is 0.0999. The van der Waals surface area contributed by atoms with Gasteiger partial charge < -0.3 is 20.3 Å². The molecule has 0 aliphatic heterocycles. The van der Waals surface area contributed by atoms with Crippen molar-refractivity contribution in [3.8, 4) is 17.2 Å². The first-order valence-corrected chi connectivity index (χ1v) is 5.22. The molecule has 5 nitrogen and oxygen atoms in total. The third-order valence-corrected chi connectivity index (χ3v) is 2.81. The largest absolute Gasteiger partial charge is 0.507 e. The molecule has 3 N–H and O–H groups in total. The molecule has 16 heavy (non-hydrogen) atoms. The molecule has 0 saturated carbocycles. The van der Waals surface area contributed by atoms with Gasteiger partial charge >= 0.3 is 0 Å². The van der Waals surface area contributed by atoms with Crippen molar-refractivity contribution in [1.29, 1.82) is 0 Å². The highest BCUT2D eigenvalue weighted by atomic mass is 79.9. The smallest absolute Gasteiger partial charge is 0.181 e. The van der Waals surface area contributed by atoms with Crippen molar-refractivity contribution < 1.29 is 19.4 Å². The molecule has 0 aromatic heterocycles. The molecule has 6 heteroatoms. The van der Waals surface area contributed by atoms with Gasteiger partial charge in [-0.2, -0.15) is 0 Å². The molecule has 88 valence electrons. The lowest BCUT2D eigenvalue weighted by Crippen LogP contribution is -2.14. The van der Waals surface area contributed by atoms with E-state index in [-0.39, 0.29) is 23.6 Å². The number of nitrogens with two attached hydrogens (primary N) is 1. The van der Waals surface area contributed by atoms with E-state index in [1.165, 1.54) is 20.3 Å². The van der Waals surface area contributed by atoms with E-state index >= 15 is 0 Å². The van der Waals surface area contributed by atoms with Crippen molar-refractivity contribution in [2.24, 2.45) is 5.73 Å². The number of carbonyl (C=O) groups excluding carboxylic acids is 1. The lowest BCUT2D eigenvalue weighted by Gasteiger charge is -2.13. The first-order valence-electron chi connectivity index (χ1n) is 4.43. The maximum absolute atomic E-state index is 11.5. The van der Waals surface area contributed by atoms with E-state index in [0.29, 0.717) is 16.0 Å². The molecule has 0 bridgehead atoms. The minimum atomic E-state index is -0.384. The van der Waals surface area contributed by atoms with Gasteiger partial charge in [0.25, 0.3) is 0 Å². The third kappa shape index (κ3) is 2.12. The van der Waals surface area contributed by atoms with Crippen LogP contribution in [0.4, 0.5) is 0 Å². The van der Waals surface area contributed by atoms with Gasteiger partial charge in [0.1, 0.15) is 5.75 Å². The average molecular weight is 290 g/mol. The summed E-state index contributed by atoms with van der Waals surface area (Å²) in [5, 5.41) is 9.68. The van der Waals surface area contributed by atoms with Crippen LogP contribution in [0.15, 0.2) is 10.5 Å². The van der Waals surface area contributed by atoms with Crippen LogP contribution in [0.25, 0.3) is 0 Å². The molecule has 0 aliphatic rings. The minimum Gasteiger partial charge on any atom is -0.507 e. The fourth-order valence-electron chi connectivity index (χ4n) is 1.31. The molecule has 1 rings (SSSR count). The van der Waals surface area contributed by atoms with Gasteiger partial charge in [-0.3, -0.25) is 4.79 Å². The van der Waals surface area contributed by atoms with Crippen LogP contribution in [-0.2, 0) is 0 Å². The first kappa shape index (κ1) is 12.8. The van der Waals surface area contributed by atoms with Crippen molar-refractivity contribution in [1.82, 2.24) is 0 Å². The summed E-state index contributed by atoms with van der Waals surface area (Å²) in [6.07, 6.45) is 0.